The van der Waals surface area contributed by atoms with Crippen LogP contribution in [0.3, 0.4) is 0 Å². The van der Waals surface area contributed by atoms with Crippen molar-refractivity contribution in [1.82, 2.24) is 0 Å². The molecule has 0 aliphatic rings. The van der Waals surface area contributed by atoms with Crippen LogP contribution >= 0.6 is 0 Å². The molecule has 0 rings (SSSR count). The molecule has 0 saturated carbocycles. The van der Waals surface area contributed by atoms with E-state index in [4.69, 9.17) is 4.74 Å². The van der Waals surface area contributed by atoms with Crippen molar-refractivity contribution in [2.24, 2.45) is 0 Å². The van der Waals surface area contributed by atoms with E-state index in [0.717, 1.165) is 19.3 Å². The standard InChI is InChI=1S/C18H32O7.Ca/c1-2-3-4-5-6-7-8-9-10-11-12-25-16(21)14-18(24,17(22)23)13-15(19)20;/h24H,2-14H2,1H3,(H,19,20)(H,22,23);/q;+2/p-2. The summed E-state index contributed by atoms with van der Waals surface area (Å²) in [7, 11) is 0. The molecule has 26 heavy (non-hydrogen) atoms. The number of carboxylic acid groups (broad SMARTS) is 2. The number of hydrogen-bond acceptors (Lipinski definition) is 7. The van der Waals surface area contributed by atoms with Crippen LogP contribution in [0.4, 0.5) is 0 Å². The first-order chi connectivity index (χ1) is 11.8. The van der Waals surface area contributed by atoms with Gasteiger partial charge >= 0.3 is 43.7 Å². The Morgan fingerprint density at radius 1 is 0.846 bits per heavy atom. The van der Waals surface area contributed by atoms with Gasteiger partial charge in [-0.15, -0.1) is 0 Å². The molecule has 8 heteroatoms. The fraction of sp³-hybridized carbons (Fsp3) is 0.833. The Labute approximate surface area is 185 Å². The Balaban J connectivity index is 0. The average Bonchev–Trinajstić information content (AvgIpc) is 2.51. The molecule has 0 radical (unpaired) electrons. The number of carboxylic acids is 2. The maximum Gasteiger partial charge on any atom is 2.00 e. The molecule has 0 aromatic heterocycles. The SMILES string of the molecule is CCCCCCCCCCCCOC(=O)CC(O)(CC(=O)[O-])C(=O)[O-].[Ca+2]. The molecule has 0 aromatic carbocycles. The second kappa shape index (κ2) is 16.8. The first-order valence-electron chi connectivity index (χ1n) is 9.11. The number of esters is 1. The smallest absolute Gasteiger partial charge is 0.550 e. The number of rotatable bonds is 16. The van der Waals surface area contributed by atoms with E-state index >= 15 is 0 Å². The number of unbranched alkanes of at least 4 members (excludes halogenated alkanes) is 9. The summed E-state index contributed by atoms with van der Waals surface area (Å²) < 4.78 is 4.84. The molecular weight excluding hydrogens is 368 g/mol. The zero-order valence-corrected chi connectivity index (χ0v) is 18.0. The van der Waals surface area contributed by atoms with Gasteiger partial charge < -0.3 is 29.6 Å². The van der Waals surface area contributed by atoms with Gasteiger partial charge in [0.25, 0.3) is 0 Å². The summed E-state index contributed by atoms with van der Waals surface area (Å²) in [5, 5.41) is 30.9. The fourth-order valence-corrected chi connectivity index (χ4v) is 2.51. The normalized spacial score (nSPS) is 12.7. The van der Waals surface area contributed by atoms with E-state index in [-0.39, 0.29) is 44.3 Å². The van der Waals surface area contributed by atoms with Crippen LogP contribution in [-0.4, -0.2) is 73.0 Å². The number of carbonyl (C=O) groups is 3. The van der Waals surface area contributed by atoms with Crippen LogP contribution < -0.4 is 10.2 Å². The predicted octanol–water partition coefficient (Wildman–Crippen LogP) is 0.0808. The minimum atomic E-state index is -2.80. The van der Waals surface area contributed by atoms with Crippen molar-refractivity contribution in [3.05, 3.63) is 0 Å². The average molecular weight is 399 g/mol. The number of carbonyl (C=O) groups excluding carboxylic acids is 3. The van der Waals surface area contributed by atoms with Crippen molar-refractivity contribution in [3.63, 3.8) is 0 Å². The molecule has 1 N–H and O–H groups in total. The zero-order chi connectivity index (χ0) is 19.1. The number of ether oxygens (including phenoxy) is 1. The summed E-state index contributed by atoms with van der Waals surface area (Å²) in [6.45, 7) is 2.30. The van der Waals surface area contributed by atoms with Crippen LogP contribution in [0.25, 0.3) is 0 Å². The minimum absolute atomic E-state index is 0. The second-order valence-corrected chi connectivity index (χ2v) is 6.45. The number of aliphatic hydroxyl groups is 1. The summed E-state index contributed by atoms with van der Waals surface area (Å²) >= 11 is 0. The first-order valence-corrected chi connectivity index (χ1v) is 9.11. The fourth-order valence-electron chi connectivity index (χ4n) is 2.51. The summed E-state index contributed by atoms with van der Waals surface area (Å²) in [6.07, 6.45) is 9.08. The quantitative estimate of drug-likeness (QED) is 0.222. The van der Waals surface area contributed by atoms with Crippen molar-refractivity contribution in [2.45, 2.75) is 89.6 Å². The third kappa shape index (κ3) is 14.8. The third-order valence-corrected chi connectivity index (χ3v) is 4.01. The van der Waals surface area contributed by atoms with Gasteiger partial charge in [0.2, 0.25) is 0 Å². The number of hydrogen-bond donors (Lipinski definition) is 1. The molecule has 146 valence electrons. The molecule has 1 atom stereocenters. The monoisotopic (exact) mass is 398 g/mol. The van der Waals surface area contributed by atoms with Crippen LogP contribution in [0.2, 0.25) is 0 Å². The largest absolute Gasteiger partial charge is 2.00 e. The summed E-state index contributed by atoms with van der Waals surface area (Å²) in [4.78, 5) is 32.8. The Bertz CT molecular complexity index is 414. The molecule has 0 saturated heterocycles. The van der Waals surface area contributed by atoms with Crippen molar-refractivity contribution in [2.75, 3.05) is 6.61 Å². The molecule has 0 aliphatic carbocycles. The first kappa shape index (κ1) is 27.8. The van der Waals surface area contributed by atoms with E-state index in [1.54, 1.807) is 0 Å². The molecule has 7 nitrogen and oxygen atoms in total. The van der Waals surface area contributed by atoms with Gasteiger partial charge in [-0.2, -0.15) is 0 Å². The molecule has 0 fully saturated rings. The Kier molecular flexibility index (Phi) is 18.0. The molecule has 0 spiro atoms. The topological polar surface area (TPSA) is 127 Å². The van der Waals surface area contributed by atoms with Crippen LogP contribution in [0, 0.1) is 0 Å². The molecule has 1 unspecified atom stereocenters. The van der Waals surface area contributed by atoms with Crippen LogP contribution in [-0.2, 0) is 19.1 Å². The maximum absolute atomic E-state index is 11.5. The molecule has 0 amide bonds. The maximum atomic E-state index is 11.5. The van der Waals surface area contributed by atoms with Gasteiger partial charge in [0, 0.05) is 12.4 Å². The minimum Gasteiger partial charge on any atom is -0.550 e. The molecule has 0 aromatic rings. The van der Waals surface area contributed by atoms with Gasteiger partial charge in [-0.25, -0.2) is 0 Å². The Morgan fingerprint density at radius 2 is 1.31 bits per heavy atom. The molecular formula is C18H30CaO7. The van der Waals surface area contributed by atoms with Gasteiger partial charge in [0.15, 0.2) is 0 Å². The summed E-state index contributed by atoms with van der Waals surface area (Å²) in [5.41, 5.74) is -2.80. The number of aliphatic carboxylic acids is 2. The van der Waals surface area contributed by atoms with Gasteiger partial charge in [0.1, 0.15) is 5.60 Å². The van der Waals surface area contributed by atoms with E-state index in [2.05, 4.69) is 6.92 Å². The van der Waals surface area contributed by atoms with E-state index in [0.29, 0.717) is 6.42 Å². The predicted molar refractivity (Wildman–Crippen MR) is 92.8 cm³/mol. The van der Waals surface area contributed by atoms with Gasteiger partial charge in [0.05, 0.1) is 19.0 Å². The Hall–Kier alpha value is -0.370. The van der Waals surface area contributed by atoms with Crippen molar-refractivity contribution in [3.8, 4) is 0 Å². The molecule has 0 bridgehead atoms. The van der Waals surface area contributed by atoms with E-state index in [1.165, 1.54) is 38.5 Å². The van der Waals surface area contributed by atoms with Gasteiger partial charge in [-0.1, -0.05) is 64.7 Å². The zero-order valence-electron chi connectivity index (χ0n) is 15.8. The third-order valence-electron chi connectivity index (χ3n) is 4.01. The van der Waals surface area contributed by atoms with Crippen LogP contribution in [0.1, 0.15) is 84.0 Å². The van der Waals surface area contributed by atoms with E-state index < -0.39 is 36.4 Å². The van der Waals surface area contributed by atoms with Crippen LogP contribution in [0.15, 0.2) is 0 Å². The van der Waals surface area contributed by atoms with Crippen molar-refractivity contribution in [1.29, 1.82) is 0 Å². The van der Waals surface area contributed by atoms with Crippen LogP contribution in [0.5, 0.6) is 0 Å². The Morgan fingerprint density at radius 3 is 1.73 bits per heavy atom. The molecule has 0 aliphatic heterocycles. The van der Waals surface area contributed by atoms with Gasteiger partial charge in [-0.05, 0) is 6.42 Å². The van der Waals surface area contributed by atoms with Gasteiger partial charge in [-0.3, -0.25) is 4.79 Å². The van der Waals surface area contributed by atoms with E-state index in [9.17, 15) is 29.7 Å². The van der Waals surface area contributed by atoms with Crippen molar-refractivity contribution >= 4 is 55.6 Å². The summed E-state index contributed by atoms with van der Waals surface area (Å²) in [6, 6.07) is 0. The summed E-state index contributed by atoms with van der Waals surface area (Å²) in [5.74, 6) is -4.79. The second-order valence-electron chi connectivity index (χ2n) is 6.45. The molecule has 0 heterocycles. The van der Waals surface area contributed by atoms with Crippen molar-refractivity contribution < 1.29 is 34.4 Å². The van der Waals surface area contributed by atoms with E-state index in [1.807, 2.05) is 0 Å².